The summed E-state index contributed by atoms with van der Waals surface area (Å²) in [5, 5.41) is 0.736. The molecule has 1 aromatic heterocycles. The first-order valence-electron chi connectivity index (χ1n) is 10.2. The fourth-order valence-corrected chi connectivity index (χ4v) is 4.35. The third-order valence-electron chi connectivity index (χ3n) is 5.56. The van der Waals surface area contributed by atoms with Gasteiger partial charge in [0, 0.05) is 65.2 Å². The molecule has 28 heavy (non-hydrogen) atoms. The van der Waals surface area contributed by atoms with Gasteiger partial charge >= 0.3 is 0 Å². The van der Waals surface area contributed by atoms with Crippen molar-refractivity contribution in [3.63, 3.8) is 0 Å². The zero-order valence-corrected chi connectivity index (χ0v) is 17.1. The number of hydrogen-bond donors (Lipinski definition) is 0. The third-order valence-corrected chi connectivity index (χ3v) is 5.85. The molecule has 2 fully saturated rings. The molecule has 2 aliphatic rings. The number of ether oxygens (including phenoxy) is 1. The average Bonchev–Trinajstić information content (AvgIpc) is 2.95. The first-order chi connectivity index (χ1) is 13.8. The number of nitrogens with zero attached hydrogens (tertiary/aromatic N) is 4. The second-order valence-corrected chi connectivity index (χ2v) is 8.07. The van der Waals surface area contributed by atoms with Gasteiger partial charge in [-0.3, -0.25) is 9.80 Å². The normalized spacial score (nSPS) is 22.2. The van der Waals surface area contributed by atoms with Crippen LogP contribution in [0.15, 0.2) is 48.7 Å². The summed E-state index contributed by atoms with van der Waals surface area (Å²) in [6.45, 7) is 8.92. The van der Waals surface area contributed by atoms with E-state index in [9.17, 15) is 0 Å². The molecule has 0 saturated carbocycles. The van der Waals surface area contributed by atoms with E-state index in [1.807, 2.05) is 18.3 Å². The minimum atomic E-state index is 0.274. The molecule has 0 bridgehead atoms. The molecular formula is C22H29ClN4O. The van der Waals surface area contributed by atoms with Crippen LogP contribution in [0.3, 0.4) is 0 Å². The van der Waals surface area contributed by atoms with Crippen molar-refractivity contribution in [2.24, 2.45) is 0 Å². The van der Waals surface area contributed by atoms with E-state index < -0.39 is 0 Å². The number of rotatable bonds is 5. The topological polar surface area (TPSA) is 31.8 Å². The molecule has 2 aromatic rings. The summed E-state index contributed by atoms with van der Waals surface area (Å²) in [4.78, 5) is 11.8. The number of anilines is 1. The maximum absolute atomic E-state index is 6.31. The van der Waals surface area contributed by atoms with Gasteiger partial charge in [0.05, 0.1) is 11.1 Å². The SMILES string of the molecule is Clc1cccnc1N1CCN(CC2CN(Cc3ccccc3)CCCO2)CC1. The van der Waals surface area contributed by atoms with Crippen molar-refractivity contribution in [2.45, 2.75) is 19.1 Å². The van der Waals surface area contributed by atoms with Crippen molar-refractivity contribution in [1.29, 1.82) is 0 Å². The summed E-state index contributed by atoms with van der Waals surface area (Å²) in [5.41, 5.74) is 1.38. The van der Waals surface area contributed by atoms with Gasteiger partial charge < -0.3 is 9.64 Å². The number of halogens is 1. The zero-order valence-electron chi connectivity index (χ0n) is 16.3. The van der Waals surface area contributed by atoms with Crippen molar-refractivity contribution in [2.75, 3.05) is 57.3 Å². The zero-order chi connectivity index (χ0) is 19.2. The summed E-state index contributed by atoms with van der Waals surface area (Å²) < 4.78 is 6.17. The number of pyridine rings is 1. The molecule has 4 rings (SSSR count). The highest BCUT2D eigenvalue weighted by Crippen LogP contribution is 2.23. The molecule has 2 saturated heterocycles. The number of aromatic nitrogens is 1. The van der Waals surface area contributed by atoms with E-state index in [1.54, 1.807) is 0 Å². The molecule has 3 heterocycles. The average molecular weight is 401 g/mol. The van der Waals surface area contributed by atoms with Crippen LogP contribution in [-0.2, 0) is 11.3 Å². The Morgan fingerprint density at radius 1 is 0.964 bits per heavy atom. The number of benzene rings is 1. The van der Waals surface area contributed by atoms with Crippen LogP contribution in [0.4, 0.5) is 5.82 Å². The van der Waals surface area contributed by atoms with E-state index in [4.69, 9.17) is 16.3 Å². The minimum Gasteiger partial charge on any atom is -0.376 e. The summed E-state index contributed by atoms with van der Waals surface area (Å²) in [7, 11) is 0. The molecule has 0 amide bonds. The lowest BCUT2D eigenvalue weighted by Crippen LogP contribution is -2.50. The summed E-state index contributed by atoms with van der Waals surface area (Å²) in [6, 6.07) is 14.5. The molecule has 1 unspecified atom stereocenters. The highest BCUT2D eigenvalue weighted by Gasteiger charge is 2.25. The molecule has 2 aliphatic heterocycles. The molecule has 0 radical (unpaired) electrons. The second kappa shape index (κ2) is 9.70. The Labute approximate surface area is 172 Å². The van der Waals surface area contributed by atoms with Gasteiger partial charge in [-0.2, -0.15) is 0 Å². The standard InChI is InChI=1S/C22H29ClN4O/c23-21-8-4-9-24-22(21)27-13-11-25(12-14-27)17-20-18-26(10-5-15-28-20)16-19-6-2-1-3-7-19/h1-4,6-9,20H,5,10-18H2. The van der Waals surface area contributed by atoms with Crippen LogP contribution in [0, 0.1) is 0 Å². The van der Waals surface area contributed by atoms with Gasteiger partial charge in [-0.25, -0.2) is 4.98 Å². The minimum absolute atomic E-state index is 0.274. The molecular weight excluding hydrogens is 372 g/mol. The molecule has 0 N–H and O–H groups in total. The maximum Gasteiger partial charge on any atom is 0.147 e. The summed E-state index contributed by atoms with van der Waals surface area (Å²) in [5.74, 6) is 0.906. The van der Waals surface area contributed by atoms with Gasteiger partial charge in [-0.15, -0.1) is 0 Å². The first kappa shape index (κ1) is 19.6. The van der Waals surface area contributed by atoms with Crippen LogP contribution < -0.4 is 4.90 Å². The van der Waals surface area contributed by atoms with Gasteiger partial charge in [-0.05, 0) is 24.1 Å². The van der Waals surface area contributed by atoms with Crippen molar-refractivity contribution < 1.29 is 4.74 Å². The molecule has 1 atom stereocenters. The quantitative estimate of drug-likeness (QED) is 0.769. The first-order valence-corrected chi connectivity index (χ1v) is 10.6. The predicted octanol–water partition coefficient (Wildman–Crippen LogP) is 3.15. The Morgan fingerprint density at radius 2 is 1.79 bits per heavy atom. The molecule has 0 aliphatic carbocycles. The van der Waals surface area contributed by atoms with Crippen LogP contribution in [0.1, 0.15) is 12.0 Å². The Morgan fingerprint density at radius 3 is 2.57 bits per heavy atom. The Kier molecular flexibility index (Phi) is 6.81. The Bertz CT molecular complexity index is 736. The van der Waals surface area contributed by atoms with E-state index in [2.05, 4.69) is 50.0 Å². The van der Waals surface area contributed by atoms with Gasteiger partial charge in [-0.1, -0.05) is 41.9 Å². The Balaban J connectivity index is 1.28. The van der Waals surface area contributed by atoms with E-state index in [1.165, 1.54) is 5.56 Å². The van der Waals surface area contributed by atoms with Crippen LogP contribution in [-0.4, -0.2) is 73.3 Å². The van der Waals surface area contributed by atoms with Crippen molar-refractivity contribution >= 4 is 17.4 Å². The maximum atomic E-state index is 6.31. The molecule has 6 heteroatoms. The largest absolute Gasteiger partial charge is 0.376 e. The third kappa shape index (κ3) is 5.23. The summed E-state index contributed by atoms with van der Waals surface area (Å²) >= 11 is 6.31. The molecule has 5 nitrogen and oxygen atoms in total. The van der Waals surface area contributed by atoms with Crippen LogP contribution in [0.5, 0.6) is 0 Å². The van der Waals surface area contributed by atoms with Crippen LogP contribution in [0.2, 0.25) is 5.02 Å². The Hall–Kier alpha value is -1.66. The highest BCUT2D eigenvalue weighted by molar-refractivity contribution is 6.32. The monoisotopic (exact) mass is 400 g/mol. The van der Waals surface area contributed by atoms with E-state index >= 15 is 0 Å². The van der Waals surface area contributed by atoms with E-state index in [0.29, 0.717) is 0 Å². The fourth-order valence-electron chi connectivity index (χ4n) is 4.11. The van der Waals surface area contributed by atoms with Gasteiger partial charge in [0.2, 0.25) is 0 Å². The van der Waals surface area contributed by atoms with Crippen LogP contribution in [0.25, 0.3) is 0 Å². The second-order valence-electron chi connectivity index (χ2n) is 7.66. The van der Waals surface area contributed by atoms with Crippen LogP contribution >= 0.6 is 11.6 Å². The molecule has 1 aromatic carbocycles. The van der Waals surface area contributed by atoms with Crippen molar-refractivity contribution in [3.8, 4) is 0 Å². The molecule has 0 spiro atoms. The smallest absolute Gasteiger partial charge is 0.147 e. The lowest BCUT2D eigenvalue weighted by atomic mass is 10.2. The fraction of sp³-hybridized carbons (Fsp3) is 0.500. The number of piperazine rings is 1. The van der Waals surface area contributed by atoms with Crippen molar-refractivity contribution in [3.05, 3.63) is 59.2 Å². The molecule has 150 valence electrons. The van der Waals surface area contributed by atoms with E-state index in [-0.39, 0.29) is 6.10 Å². The number of hydrogen-bond acceptors (Lipinski definition) is 5. The van der Waals surface area contributed by atoms with E-state index in [0.717, 1.165) is 76.2 Å². The predicted molar refractivity (Wildman–Crippen MR) is 114 cm³/mol. The highest BCUT2D eigenvalue weighted by atomic mass is 35.5. The van der Waals surface area contributed by atoms with Gasteiger partial charge in [0.25, 0.3) is 0 Å². The summed E-state index contributed by atoms with van der Waals surface area (Å²) in [6.07, 6.45) is 3.19. The van der Waals surface area contributed by atoms with Crippen molar-refractivity contribution in [1.82, 2.24) is 14.8 Å². The van der Waals surface area contributed by atoms with Gasteiger partial charge in [0.15, 0.2) is 0 Å². The van der Waals surface area contributed by atoms with Gasteiger partial charge in [0.1, 0.15) is 5.82 Å². The lowest BCUT2D eigenvalue weighted by molar-refractivity contribution is 0.0245. The lowest BCUT2D eigenvalue weighted by Gasteiger charge is -2.37.